The Morgan fingerprint density at radius 3 is 2.81 bits per heavy atom. The van der Waals surface area contributed by atoms with Crippen molar-refractivity contribution in [3.63, 3.8) is 0 Å². The monoisotopic (exact) mass is 445 g/mol. The third kappa shape index (κ3) is 4.42. The molecule has 5 rings (SSSR count). The molecule has 1 aliphatic rings. The molecule has 1 atom stereocenters. The molecule has 1 saturated heterocycles. The molecular weight excluding hydrogens is 418 g/mol. The van der Waals surface area contributed by atoms with Crippen molar-refractivity contribution in [3.05, 3.63) is 82.9 Å². The maximum absolute atomic E-state index is 12.9. The Morgan fingerprint density at radius 1 is 1.19 bits per heavy atom. The number of thiophene rings is 1. The summed E-state index contributed by atoms with van der Waals surface area (Å²) in [6.07, 6.45) is 2.36. The Kier molecular flexibility index (Phi) is 5.97. The minimum absolute atomic E-state index is 0.117. The van der Waals surface area contributed by atoms with Crippen LogP contribution in [-0.4, -0.2) is 23.6 Å². The van der Waals surface area contributed by atoms with Crippen molar-refractivity contribution in [3.8, 4) is 5.75 Å². The highest BCUT2D eigenvalue weighted by molar-refractivity contribution is 7.17. The van der Waals surface area contributed by atoms with Gasteiger partial charge < -0.3 is 19.9 Å². The van der Waals surface area contributed by atoms with Crippen molar-refractivity contribution in [2.45, 2.75) is 19.4 Å². The SMILES string of the molecule is Cn1c(C(=O)Nc2ccccc2COc2ccc(C[C@H]3CCNC3)cc2)cc2sccc21. The third-order valence-electron chi connectivity index (χ3n) is 6.17. The van der Waals surface area contributed by atoms with Gasteiger partial charge in [-0.15, -0.1) is 11.3 Å². The number of para-hydroxylation sites is 1. The van der Waals surface area contributed by atoms with Crippen LogP contribution in [0.5, 0.6) is 5.75 Å². The lowest BCUT2D eigenvalue weighted by Crippen LogP contribution is -2.17. The Balaban J connectivity index is 1.24. The Hall–Kier alpha value is -3.09. The van der Waals surface area contributed by atoms with Crippen LogP contribution < -0.4 is 15.4 Å². The van der Waals surface area contributed by atoms with Gasteiger partial charge in [0.05, 0.1) is 10.2 Å². The van der Waals surface area contributed by atoms with Crippen molar-refractivity contribution in [1.29, 1.82) is 0 Å². The third-order valence-corrected chi connectivity index (χ3v) is 7.02. The van der Waals surface area contributed by atoms with Gasteiger partial charge in [0.1, 0.15) is 18.1 Å². The first-order chi connectivity index (χ1) is 15.7. The number of aromatic nitrogens is 1. The number of anilines is 1. The van der Waals surface area contributed by atoms with Crippen LogP contribution >= 0.6 is 11.3 Å². The molecule has 1 fully saturated rings. The Labute approximate surface area is 192 Å². The normalized spacial score (nSPS) is 15.8. The average molecular weight is 446 g/mol. The summed E-state index contributed by atoms with van der Waals surface area (Å²) >= 11 is 1.64. The number of rotatable bonds is 7. The fraction of sp³-hybridized carbons (Fsp3) is 0.269. The van der Waals surface area contributed by atoms with Crippen LogP contribution in [-0.2, 0) is 20.1 Å². The van der Waals surface area contributed by atoms with Crippen molar-refractivity contribution >= 4 is 33.1 Å². The molecule has 4 aromatic rings. The van der Waals surface area contributed by atoms with Gasteiger partial charge in [0.25, 0.3) is 5.91 Å². The summed E-state index contributed by atoms with van der Waals surface area (Å²) in [5.41, 5.74) is 4.78. The van der Waals surface area contributed by atoms with E-state index in [-0.39, 0.29) is 5.91 Å². The fourth-order valence-corrected chi connectivity index (χ4v) is 5.18. The summed E-state index contributed by atoms with van der Waals surface area (Å²) in [6, 6.07) is 20.2. The molecule has 0 unspecified atom stereocenters. The van der Waals surface area contributed by atoms with E-state index in [2.05, 4.69) is 22.8 Å². The second-order valence-electron chi connectivity index (χ2n) is 8.37. The number of nitrogens with one attached hydrogen (secondary N) is 2. The Morgan fingerprint density at radius 2 is 2.03 bits per heavy atom. The summed E-state index contributed by atoms with van der Waals surface area (Å²) < 4.78 is 9.08. The summed E-state index contributed by atoms with van der Waals surface area (Å²) in [6.45, 7) is 2.64. The topological polar surface area (TPSA) is 55.3 Å². The number of amides is 1. The highest BCUT2D eigenvalue weighted by Gasteiger charge is 2.16. The van der Waals surface area contributed by atoms with Crippen molar-refractivity contribution in [2.24, 2.45) is 13.0 Å². The number of aryl methyl sites for hydroxylation is 1. The zero-order valence-corrected chi connectivity index (χ0v) is 19.0. The molecule has 6 heteroatoms. The first kappa shape index (κ1) is 20.8. The molecule has 3 heterocycles. The second-order valence-corrected chi connectivity index (χ2v) is 9.31. The molecule has 0 radical (unpaired) electrons. The quantitative estimate of drug-likeness (QED) is 0.410. The molecule has 2 N–H and O–H groups in total. The van der Waals surface area contributed by atoms with Gasteiger partial charge in [-0.05, 0) is 73.1 Å². The molecule has 0 aliphatic carbocycles. The van der Waals surface area contributed by atoms with Gasteiger partial charge in [0.15, 0.2) is 0 Å². The molecule has 0 spiro atoms. The van der Waals surface area contributed by atoms with Gasteiger partial charge in [0.2, 0.25) is 0 Å². The summed E-state index contributed by atoms with van der Waals surface area (Å²) in [5.74, 6) is 1.45. The number of ether oxygens (including phenoxy) is 1. The molecule has 5 nitrogen and oxygen atoms in total. The molecule has 1 amide bonds. The number of fused-ring (bicyclic) bond motifs is 1. The van der Waals surface area contributed by atoms with E-state index in [9.17, 15) is 4.79 Å². The highest BCUT2D eigenvalue weighted by Crippen LogP contribution is 2.26. The van der Waals surface area contributed by atoms with Crippen molar-refractivity contribution < 1.29 is 9.53 Å². The van der Waals surface area contributed by atoms with Crippen LogP contribution in [0.1, 0.15) is 28.0 Å². The van der Waals surface area contributed by atoms with Crippen molar-refractivity contribution in [1.82, 2.24) is 9.88 Å². The molecule has 0 saturated carbocycles. The van der Waals surface area contributed by atoms with Gasteiger partial charge >= 0.3 is 0 Å². The van der Waals surface area contributed by atoms with Crippen LogP contribution in [0.15, 0.2) is 66.0 Å². The first-order valence-electron chi connectivity index (χ1n) is 11.0. The van der Waals surface area contributed by atoms with E-state index in [0.717, 1.165) is 52.6 Å². The number of nitrogens with zero attached hydrogens (tertiary/aromatic N) is 1. The highest BCUT2D eigenvalue weighted by atomic mass is 32.1. The molecule has 32 heavy (non-hydrogen) atoms. The van der Waals surface area contributed by atoms with E-state index in [1.807, 2.05) is 65.5 Å². The molecule has 1 aliphatic heterocycles. The minimum atomic E-state index is -0.117. The van der Waals surface area contributed by atoms with Gasteiger partial charge in [-0.1, -0.05) is 30.3 Å². The number of hydrogen-bond acceptors (Lipinski definition) is 4. The van der Waals surface area contributed by atoms with E-state index >= 15 is 0 Å². The van der Waals surface area contributed by atoms with Crippen LogP contribution in [0.3, 0.4) is 0 Å². The lowest BCUT2D eigenvalue weighted by atomic mass is 9.99. The molecular formula is C26H27N3O2S. The smallest absolute Gasteiger partial charge is 0.272 e. The molecule has 2 aromatic carbocycles. The zero-order chi connectivity index (χ0) is 21.9. The summed E-state index contributed by atoms with van der Waals surface area (Å²) in [5, 5.41) is 8.53. The van der Waals surface area contributed by atoms with E-state index in [1.54, 1.807) is 11.3 Å². The minimum Gasteiger partial charge on any atom is -0.489 e. The lowest BCUT2D eigenvalue weighted by molar-refractivity contribution is 0.101. The standard InChI is InChI=1S/C26H27N3O2S/c1-29-23-11-13-32-25(23)15-24(29)26(30)28-22-5-3-2-4-20(22)17-31-21-8-6-18(7-9-21)14-19-10-12-27-16-19/h2-9,11,13,15,19,27H,10,12,14,16-17H2,1H3,(H,28,30)/t19-/m1/s1. The predicted molar refractivity (Wildman–Crippen MR) is 131 cm³/mol. The van der Waals surface area contributed by atoms with Gasteiger partial charge in [-0.2, -0.15) is 0 Å². The number of benzene rings is 2. The van der Waals surface area contributed by atoms with Crippen LogP contribution in [0, 0.1) is 5.92 Å². The van der Waals surface area contributed by atoms with E-state index in [4.69, 9.17) is 4.74 Å². The largest absolute Gasteiger partial charge is 0.489 e. The maximum Gasteiger partial charge on any atom is 0.272 e. The molecule has 2 aromatic heterocycles. The predicted octanol–water partition coefficient (Wildman–Crippen LogP) is 5.22. The van der Waals surface area contributed by atoms with E-state index < -0.39 is 0 Å². The van der Waals surface area contributed by atoms with E-state index in [1.165, 1.54) is 12.0 Å². The van der Waals surface area contributed by atoms with Gasteiger partial charge in [-0.3, -0.25) is 4.79 Å². The fourth-order valence-electron chi connectivity index (χ4n) is 4.33. The zero-order valence-electron chi connectivity index (χ0n) is 18.1. The van der Waals surface area contributed by atoms with Gasteiger partial charge in [0, 0.05) is 18.3 Å². The second kappa shape index (κ2) is 9.18. The van der Waals surface area contributed by atoms with Crippen LogP contribution in [0.2, 0.25) is 0 Å². The van der Waals surface area contributed by atoms with Crippen LogP contribution in [0.25, 0.3) is 10.2 Å². The van der Waals surface area contributed by atoms with Gasteiger partial charge in [-0.25, -0.2) is 0 Å². The van der Waals surface area contributed by atoms with E-state index in [0.29, 0.717) is 12.3 Å². The molecule has 164 valence electrons. The average Bonchev–Trinajstić information content (AvgIpc) is 3.54. The maximum atomic E-state index is 12.9. The summed E-state index contributed by atoms with van der Waals surface area (Å²) in [4.78, 5) is 12.9. The molecule has 0 bridgehead atoms. The van der Waals surface area contributed by atoms with Crippen molar-refractivity contribution in [2.75, 3.05) is 18.4 Å². The summed E-state index contributed by atoms with van der Waals surface area (Å²) in [7, 11) is 1.92. The Bertz CT molecular complexity index is 1220. The number of carbonyl (C=O) groups is 1. The first-order valence-corrected chi connectivity index (χ1v) is 11.9. The lowest BCUT2D eigenvalue weighted by Gasteiger charge is -2.13. The number of carbonyl (C=O) groups excluding carboxylic acids is 1. The number of hydrogen-bond donors (Lipinski definition) is 2. The van der Waals surface area contributed by atoms with Crippen LogP contribution in [0.4, 0.5) is 5.69 Å².